The van der Waals surface area contributed by atoms with E-state index in [0.717, 1.165) is 0 Å². The smallest absolute Gasteiger partial charge is 0.228 e. The molecule has 2 aromatic carbocycles. The number of carbonyl (C=O) groups excluding carboxylic acids is 4. The number of rotatable bonds is 2. The van der Waals surface area contributed by atoms with Gasteiger partial charge in [-0.2, -0.15) is 0 Å². The fraction of sp³-hybridized carbons (Fsp3) is 0.379. The lowest BCUT2D eigenvalue weighted by molar-refractivity contribution is -0.176. The maximum Gasteiger partial charge on any atom is 0.228 e. The minimum absolute atomic E-state index is 0.0514. The summed E-state index contributed by atoms with van der Waals surface area (Å²) in [6, 6.07) is 7.91. The number of nitrogens with two attached hydrogens (primary N) is 1. The van der Waals surface area contributed by atoms with Crippen LogP contribution in [0.25, 0.3) is 0 Å². The summed E-state index contributed by atoms with van der Waals surface area (Å²) in [6.07, 6.45) is -0.125. The van der Waals surface area contributed by atoms with E-state index in [1.807, 2.05) is 0 Å². The number of Topliss-reactive ketones (excluding diaryl/α,β-unsaturated/α-hetero) is 3. The van der Waals surface area contributed by atoms with Gasteiger partial charge in [0, 0.05) is 17.9 Å². The average molecular weight is 519 g/mol. The fourth-order valence-corrected chi connectivity index (χ4v) is 6.53. The molecule has 8 nitrogen and oxygen atoms in total. The van der Waals surface area contributed by atoms with Crippen molar-refractivity contribution in [1.82, 2.24) is 4.90 Å². The molecule has 0 aromatic heterocycles. The lowest BCUT2D eigenvalue weighted by atomic mass is 9.52. The molecule has 0 aliphatic heterocycles. The fourth-order valence-electron chi connectivity index (χ4n) is 6.53. The Morgan fingerprint density at radius 1 is 1.11 bits per heavy atom. The lowest BCUT2D eigenvalue weighted by Crippen LogP contribution is -2.69. The van der Waals surface area contributed by atoms with Gasteiger partial charge in [-0.25, -0.2) is 4.39 Å². The summed E-state index contributed by atoms with van der Waals surface area (Å²) < 4.78 is 14.1. The number of fused-ring (bicyclic) bond motifs is 3. The molecule has 0 radical (unpaired) electrons. The molecular weight excluding hydrogens is 491 g/mol. The summed E-state index contributed by atoms with van der Waals surface area (Å²) in [5.41, 5.74) is 4.32. The minimum Gasteiger partial charge on any atom is -0.507 e. The molecule has 3 aliphatic rings. The third kappa shape index (κ3) is 3.83. The molecule has 196 valence electrons. The number of amides is 1. The second kappa shape index (κ2) is 9.15. The number of nitrogens with zero attached hydrogens (tertiary/aromatic N) is 1. The number of benzene rings is 2. The van der Waals surface area contributed by atoms with Crippen molar-refractivity contribution in [2.75, 3.05) is 14.1 Å². The maximum atomic E-state index is 14.1. The number of phenolic OH excluding ortho intramolecular Hbond substituents is 1. The molecule has 0 saturated heterocycles. The largest absolute Gasteiger partial charge is 0.507 e. The highest BCUT2D eigenvalue weighted by Gasteiger charge is 2.64. The van der Waals surface area contributed by atoms with Gasteiger partial charge in [0.1, 0.15) is 23.1 Å². The number of hydrogen-bond donors (Lipinski definition) is 3. The number of carbonyl (C=O) groups is 4. The van der Waals surface area contributed by atoms with Crippen molar-refractivity contribution < 1.29 is 33.8 Å². The van der Waals surface area contributed by atoms with Crippen LogP contribution in [0.2, 0.25) is 0 Å². The van der Waals surface area contributed by atoms with Gasteiger partial charge in [0.25, 0.3) is 0 Å². The van der Waals surface area contributed by atoms with E-state index in [2.05, 4.69) is 11.8 Å². The molecule has 9 heteroatoms. The van der Waals surface area contributed by atoms with E-state index in [1.54, 1.807) is 37.2 Å². The maximum absolute atomic E-state index is 14.1. The molecule has 1 amide bonds. The second-order valence-electron chi connectivity index (χ2n) is 10.6. The first-order chi connectivity index (χ1) is 18.0. The van der Waals surface area contributed by atoms with Gasteiger partial charge in [-0.3, -0.25) is 24.1 Å². The van der Waals surface area contributed by atoms with Crippen LogP contribution in [0.3, 0.4) is 0 Å². The highest BCUT2D eigenvalue weighted by Crippen LogP contribution is 2.52. The Bertz CT molecular complexity index is 1460. The summed E-state index contributed by atoms with van der Waals surface area (Å²) in [5.74, 6) is -1.97. The van der Waals surface area contributed by atoms with Crippen molar-refractivity contribution in [2.45, 2.75) is 30.9 Å². The Balaban J connectivity index is 1.59. The number of phenols is 1. The normalized spacial score (nSPS) is 30.1. The van der Waals surface area contributed by atoms with Gasteiger partial charge < -0.3 is 15.9 Å². The van der Waals surface area contributed by atoms with Crippen LogP contribution >= 0.6 is 0 Å². The number of ketones is 3. The Morgan fingerprint density at radius 3 is 2.45 bits per heavy atom. The van der Waals surface area contributed by atoms with Crippen LogP contribution in [0.4, 0.5) is 4.39 Å². The molecule has 2 saturated carbocycles. The van der Waals surface area contributed by atoms with Crippen molar-refractivity contribution in [2.24, 2.45) is 29.4 Å². The molecule has 0 heterocycles. The summed E-state index contributed by atoms with van der Waals surface area (Å²) in [6.45, 7) is 0. The van der Waals surface area contributed by atoms with Crippen molar-refractivity contribution in [3.63, 3.8) is 0 Å². The number of aromatic hydroxyl groups is 1. The van der Waals surface area contributed by atoms with E-state index in [1.165, 1.54) is 18.2 Å². The third-order valence-corrected chi connectivity index (χ3v) is 8.27. The number of likely N-dealkylation sites (N-methyl/N-ethyl adjacent to an activating group) is 1. The van der Waals surface area contributed by atoms with Gasteiger partial charge in [0.05, 0.1) is 23.1 Å². The molecule has 6 unspecified atom stereocenters. The Morgan fingerprint density at radius 2 is 1.79 bits per heavy atom. The first-order valence-corrected chi connectivity index (χ1v) is 12.4. The van der Waals surface area contributed by atoms with Gasteiger partial charge in [0.15, 0.2) is 17.3 Å². The van der Waals surface area contributed by atoms with Crippen molar-refractivity contribution in [1.29, 1.82) is 0 Å². The standard InChI is InChI=1S/C29H27FN2O6/c1-32(2)24-19-12-16-11-17-14(7-8-15-5-3-4-6-20(15)30)9-10-21(33)23(17)26(35)22(16)27(36)29(19,38)13-18(25(24)34)28(31)37/h3-6,9-10,16,18-19,22,24,33,38H,11-13H2,1-2H3,(H2,31,37). The van der Waals surface area contributed by atoms with Gasteiger partial charge in [-0.05, 0) is 62.7 Å². The molecule has 2 fully saturated rings. The van der Waals surface area contributed by atoms with Crippen LogP contribution in [-0.2, 0) is 20.8 Å². The lowest BCUT2D eigenvalue weighted by Gasteiger charge is -2.53. The van der Waals surface area contributed by atoms with E-state index < -0.39 is 70.8 Å². The van der Waals surface area contributed by atoms with Crippen LogP contribution in [0.5, 0.6) is 5.75 Å². The SMILES string of the molecule is CN(C)C1C(=O)C(C(N)=O)CC2(O)C(=O)C3C(=O)c4c(O)ccc(C#Cc5ccccc5F)c4CC3CC12. The monoisotopic (exact) mass is 518 g/mol. The molecule has 6 atom stereocenters. The number of halogens is 1. The third-order valence-electron chi connectivity index (χ3n) is 8.27. The Kier molecular flexibility index (Phi) is 6.21. The van der Waals surface area contributed by atoms with Crippen LogP contribution in [0.15, 0.2) is 36.4 Å². The zero-order valence-electron chi connectivity index (χ0n) is 20.9. The van der Waals surface area contributed by atoms with Gasteiger partial charge in [0.2, 0.25) is 5.91 Å². The highest BCUT2D eigenvalue weighted by molar-refractivity contribution is 6.17. The highest BCUT2D eigenvalue weighted by atomic mass is 19.1. The van der Waals surface area contributed by atoms with Crippen molar-refractivity contribution in [3.05, 3.63) is 64.5 Å². The summed E-state index contributed by atoms with van der Waals surface area (Å²) in [4.78, 5) is 54.3. The zero-order valence-corrected chi connectivity index (χ0v) is 20.9. The molecule has 38 heavy (non-hydrogen) atoms. The molecule has 0 spiro atoms. The predicted octanol–water partition coefficient (Wildman–Crippen LogP) is 1.23. The predicted molar refractivity (Wildman–Crippen MR) is 133 cm³/mol. The van der Waals surface area contributed by atoms with E-state index in [9.17, 15) is 33.8 Å². The van der Waals surface area contributed by atoms with E-state index >= 15 is 0 Å². The molecular formula is C29H27FN2O6. The van der Waals surface area contributed by atoms with Gasteiger partial charge in [-0.15, -0.1) is 0 Å². The second-order valence-corrected chi connectivity index (χ2v) is 10.6. The van der Waals surface area contributed by atoms with Crippen molar-refractivity contribution >= 4 is 23.3 Å². The molecule has 3 aliphatic carbocycles. The summed E-state index contributed by atoms with van der Waals surface area (Å²) in [7, 11) is 3.25. The molecule has 2 aromatic rings. The minimum atomic E-state index is -2.10. The first-order valence-electron chi connectivity index (χ1n) is 12.4. The van der Waals surface area contributed by atoms with Crippen LogP contribution < -0.4 is 5.73 Å². The van der Waals surface area contributed by atoms with Gasteiger partial charge >= 0.3 is 0 Å². The topological polar surface area (TPSA) is 138 Å². The van der Waals surface area contributed by atoms with E-state index in [-0.39, 0.29) is 29.7 Å². The number of hydrogen-bond acceptors (Lipinski definition) is 7. The van der Waals surface area contributed by atoms with Gasteiger partial charge in [-0.1, -0.05) is 24.0 Å². The number of aliphatic hydroxyl groups is 1. The quantitative estimate of drug-likeness (QED) is 0.402. The van der Waals surface area contributed by atoms with E-state index in [0.29, 0.717) is 11.1 Å². The van der Waals surface area contributed by atoms with Crippen LogP contribution in [0.1, 0.15) is 39.9 Å². The molecule has 4 N–H and O–H groups in total. The molecule has 0 bridgehead atoms. The molecule has 5 rings (SSSR count). The van der Waals surface area contributed by atoms with Crippen molar-refractivity contribution in [3.8, 4) is 17.6 Å². The Labute approximate surface area is 218 Å². The number of primary amides is 1. The van der Waals surface area contributed by atoms with E-state index in [4.69, 9.17) is 5.73 Å². The average Bonchev–Trinajstić information content (AvgIpc) is 2.85. The van der Waals surface area contributed by atoms with Crippen LogP contribution in [-0.4, -0.2) is 64.1 Å². The summed E-state index contributed by atoms with van der Waals surface area (Å²) in [5, 5.41) is 22.3. The zero-order chi connectivity index (χ0) is 27.5. The summed E-state index contributed by atoms with van der Waals surface area (Å²) >= 11 is 0. The Hall–Kier alpha value is -3.87. The first kappa shape index (κ1) is 25.8. The van der Waals surface area contributed by atoms with Crippen LogP contribution in [0, 0.1) is 41.3 Å².